The fourth-order valence-corrected chi connectivity index (χ4v) is 1.31. The molecule has 0 aromatic carbocycles. The van der Waals surface area contributed by atoms with E-state index in [-0.39, 0.29) is 0 Å². The van der Waals surface area contributed by atoms with Crippen molar-refractivity contribution < 1.29 is 9.29 Å². The summed E-state index contributed by atoms with van der Waals surface area (Å²) in [5.74, 6) is 0. The Morgan fingerprint density at radius 2 is 2.10 bits per heavy atom. The van der Waals surface area contributed by atoms with Gasteiger partial charge in [-0.15, -0.1) is 0 Å². The van der Waals surface area contributed by atoms with Crippen LogP contribution in [-0.2, 0) is 4.18 Å². The van der Waals surface area contributed by atoms with Gasteiger partial charge >= 0.3 is 0 Å². The second-order valence-electron chi connectivity index (χ2n) is 2.69. The Labute approximate surface area is 66.2 Å². The van der Waals surface area contributed by atoms with Crippen LogP contribution in [0.1, 0.15) is 39.0 Å². The highest BCUT2D eigenvalue weighted by Crippen LogP contribution is 2.48. The summed E-state index contributed by atoms with van der Waals surface area (Å²) in [7, 11) is 0. The minimum atomic E-state index is -0.784. The van der Waals surface area contributed by atoms with Gasteiger partial charge in [0.25, 0.3) is 5.12 Å². The van der Waals surface area contributed by atoms with E-state index in [1.165, 1.54) is 31.3 Å². The van der Waals surface area contributed by atoms with Crippen LogP contribution in [0.5, 0.6) is 0 Å². The van der Waals surface area contributed by atoms with Gasteiger partial charge in [-0.1, -0.05) is 26.2 Å². The summed E-state index contributed by atoms with van der Waals surface area (Å²) in [5, 5.41) is 8.38. The molecule has 3 heteroatoms. The summed E-state index contributed by atoms with van der Waals surface area (Å²) < 4.78 is 4.75. The van der Waals surface area contributed by atoms with Gasteiger partial charge in [0.05, 0.1) is 12.0 Å². The lowest BCUT2D eigenvalue weighted by Crippen LogP contribution is -2.04. The molecule has 0 aromatic rings. The molecule has 0 aliphatic carbocycles. The average Bonchev–Trinajstić information content (AvgIpc) is 2.62. The second kappa shape index (κ2) is 3.60. The summed E-state index contributed by atoms with van der Waals surface area (Å²) in [6.07, 6.45) is 5.59. The topological polar surface area (TPSA) is 32.8 Å². The second-order valence-corrected chi connectivity index (χ2v) is 3.66. The van der Waals surface area contributed by atoms with Crippen molar-refractivity contribution in [1.29, 1.82) is 0 Å². The van der Waals surface area contributed by atoms with Crippen molar-refractivity contribution in [3.63, 3.8) is 0 Å². The summed E-state index contributed by atoms with van der Waals surface area (Å²) in [4.78, 5) is 0. The lowest BCUT2D eigenvalue weighted by Gasteiger charge is -1.99. The maximum absolute atomic E-state index is 9.17. The quantitative estimate of drug-likeness (QED) is 0.382. The highest BCUT2D eigenvalue weighted by Gasteiger charge is 2.44. The lowest BCUT2D eigenvalue weighted by molar-refractivity contribution is 0.0269. The third kappa shape index (κ3) is 2.90. The molecule has 10 heavy (non-hydrogen) atoms. The molecule has 1 aliphatic rings. The molecule has 0 spiro atoms. The molecular weight excluding hydrogens is 148 g/mol. The molecule has 0 radical (unpaired) electrons. The van der Waals surface area contributed by atoms with Gasteiger partial charge in [0.15, 0.2) is 0 Å². The van der Waals surface area contributed by atoms with E-state index in [0.29, 0.717) is 0 Å². The molecule has 1 aliphatic heterocycles. The van der Waals surface area contributed by atoms with Gasteiger partial charge in [-0.05, 0) is 6.42 Å². The van der Waals surface area contributed by atoms with Crippen LogP contribution in [-0.4, -0.2) is 10.2 Å². The van der Waals surface area contributed by atoms with E-state index in [0.717, 1.165) is 12.8 Å². The van der Waals surface area contributed by atoms with Crippen molar-refractivity contribution in [2.45, 2.75) is 44.1 Å². The SMILES string of the molecule is CCCCCCC1(O)OS1. The van der Waals surface area contributed by atoms with Gasteiger partial charge in [0.2, 0.25) is 0 Å². The van der Waals surface area contributed by atoms with E-state index < -0.39 is 5.12 Å². The minimum Gasteiger partial charge on any atom is -0.355 e. The first-order valence-corrected chi connectivity index (χ1v) is 4.60. The predicted octanol–water partition coefficient (Wildman–Crippen LogP) is 2.28. The fourth-order valence-electron chi connectivity index (χ4n) is 0.907. The molecule has 1 fully saturated rings. The van der Waals surface area contributed by atoms with E-state index in [1.54, 1.807) is 0 Å². The Bertz CT molecular complexity index is 102. The van der Waals surface area contributed by atoms with Crippen LogP contribution >= 0.6 is 12.0 Å². The first-order chi connectivity index (χ1) is 4.77. The van der Waals surface area contributed by atoms with E-state index in [9.17, 15) is 0 Å². The van der Waals surface area contributed by atoms with E-state index >= 15 is 0 Å². The van der Waals surface area contributed by atoms with Crippen molar-refractivity contribution >= 4 is 12.0 Å². The normalized spacial score (nSPS) is 30.6. The zero-order valence-electron chi connectivity index (χ0n) is 6.30. The largest absolute Gasteiger partial charge is 0.355 e. The van der Waals surface area contributed by atoms with Crippen molar-refractivity contribution in [2.24, 2.45) is 0 Å². The van der Waals surface area contributed by atoms with Crippen molar-refractivity contribution in [3.05, 3.63) is 0 Å². The van der Waals surface area contributed by atoms with E-state index in [4.69, 9.17) is 9.29 Å². The number of aliphatic hydroxyl groups is 1. The first-order valence-electron chi connectivity index (χ1n) is 3.86. The zero-order valence-corrected chi connectivity index (χ0v) is 7.12. The minimum absolute atomic E-state index is 0.784. The van der Waals surface area contributed by atoms with Crippen molar-refractivity contribution in [3.8, 4) is 0 Å². The fraction of sp³-hybridized carbons (Fsp3) is 1.00. The molecule has 1 unspecified atom stereocenters. The summed E-state index contributed by atoms with van der Waals surface area (Å²) in [6.45, 7) is 2.18. The molecule has 0 bridgehead atoms. The third-order valence-corrected chi connectivity index (χ3v) is 2.38. The third-order valence-electron chi connectivity index (χ3n) is 1.62. The van der Waals surface area contributed by atoms with Crippen LogP contribution in [0.15, 0.2) is 0 Å². The number of hydrogen-bond acceptors (Lipinski definition) is 3. The molecule has 2 nitrogen and oxygen atoms in total. The molecule has 1 saturated heterocycles. The molecule has 0 saturated carbocycles. The molecule has 1 atom stereocenters. The lowest BCUT2D eigenvalue weighted by atomic mass is 10.1. The van der Waals surface area contributed by atoms with Crippen LogP contribution < -0.4 is 0 Å². The monoisotopic (exact) mass is 162 g/mol. The van der Waals surface area contributed by atoms with Crippen LogP contribution in [0.3, 0.4) is 0 Å². The van der Waals surface area contributed by atoms with Gasteiger partial charge in [-0.3, -0.25) is 4.18 Å². The number of rotatable bonds is 5. The van der Waals surface area contributed by atoms with Crippen molar-refractivity contribution in [2.75, 3.05) is 0 Å². The first kappa shape index (κ1) is 8.37. The van der Waals surface area contributed by atoms with Crippen LogP contribution in [0.2, 0.25) is 0 Å². The Morgan fingerprint density at radius 1 is 1.40 bits per heavy atom. The van der Waals surface area contributed by atoms with Crippen LogP contribution in [0, 0.1) is 0 Å². The average molecular weight is 162 g/mol. The standard InChI is InChI=1S/C7H14O2S/c1-2-3-4-5-6-7(8)9-10-7/h8H,2-6H2,1H3. The summed E-state index contributed by atoms with van der Waals surface area (Å²) >= 11 is 1.18. The summed E-state index contributed by atoms with van der Waals surface area (Å²) in [6, 6.07) is 0. The smallest absolute Gasteiger partial charge is 0.253 e. The molecule has 1 heterocycles. The Morgan fingerprint density at radius 3 is 2.60 bits per heavy atom. The van der Waals surface area contributed by atoms with Gasteiger partial charge in [-0.2, -0.15) is 0 Å². The predicted molar refractivity (Wildman–Crippen MR) is 42.4 cm³/mol. The van der Waals surface area contributed by atoms with Gasteiger partial charge < -0.3 is 5.11 Å². The molecule has 1 N–H and O–H groups in total. The number of hydrogen-bond donors (Lipinski definition) is 1. The van der Waals surface area contributed by atoms with E-state index in [1.807, 2.05) is 0 Å². The van der Waals surface area contributed by atoms with Crippen LogP contribution in [0.4, 0.5) is 0 Å². The van der Waals surface area contributed by atoms with Gasteiger partial charge in [-0.25, -0.2) is 0 Å². The molecular formula is C7H14O2S. The maximum Gasteiger partial charge on any atom is 0.253 e. The van der Waals surface area contributed by atoms with Gasteiger partial charge in [0.1, 0.15) is 0 Å². The molecule has 0 aromatic heterocycles. The molecule has 1 rings (SSSR count). The van der Waals surface area contributed by atoms with Gasteiger partial charge in [0, 0.05) is 6.42 Å². The molecule has 0 amide bonds. The molecule has 60 valence electrons. The Balaban J connectivity index is 1.86. The van der Waals surface area contributed by atoms with Crippen molar-refractivity contribution in [1.82, 2.24) is 0 Å². The Kier molecular flexibility index (Phi) is 3.01. The Hall–Kier alpha value is 0.270. The highest BCUT2D eigenvalue weighted by molar-refractivity contribution is 8.01. The van der Waals surface area contributed by atoms with Crippen LogP contribution in [0.25, 0.3) is 0 Å². The number of unbranched alkanes of at least 4 members (excludes halogenated alkanes) is 3. The zero-order chi connectivity index (χ0) is 7.45. The highest BCUT2D eigenvalue weighted by atomic mass is 32.2. The summed E-state index contributed by atoms with van der Waals surface area (Å²) in [5.41, 5.74) is 0. The van der Waals surface area contributed by atoms with E-state index in [2.05, 4.69) is 6.92 Å². The maximum atomic E-state index is 9.17.